The van der Waals surface area contributed by atoms with E-state index in [9.17, 15) is 8.42 Å². The van der Waals surface area contributed by atoms with Crippen LogP contribution in [0.3, 0.4) is 0 Å². The van der Waals surface area contributed by atoms with Gasteiger partial charge < -0.3 is 5.73 Å². The van der Waals surface area contributed by atoms with Gasteiger partial charge in [-0.1, -0.05) is 19.1 Å². The van der Waals surface area contributed by atoms with E-state index < -0.39 is 14.6 Å². The molecule has 0 radical (unpaired) electrons. The van der Waals surface area contributed by atoms with Gasteiger partial charge >= 0.3 is 0 Å². The average molecular weight is 336 g/mol. The summed E-state index contributed by atoms with van der Waals surface area (Å²) in [5, 5.41) is 0. The Kier molecular flexibility index (Phi) is 6.58. The number of hydrogen-bond acceptors (Lipinski definition) is 5. The maximum atomic E-state index is 12.1. The minimum absolute atomic E-state index is 0.167. The zero-order valence-electron chi connectivity index (χ0n) is 13.6. The van der Waals surface area contributed by atoms with E-state index in [-0.39, 0.29) is 11.8 Å². The summed E-state index contributed by atoms with van der Waals surface area (Å²) in [5.41, 5.74) is 5.77. The van der Waals surface area contributed by atoms with Gasteiger partial charge in [-0.3, -0.25) is 9.80 Å². The van der Waals surface area contributed by atoms with Crippen molar-refractivity contribution in [3.05, 3.63) is 0 Å². The normalized spacial score (nSPS) is 20.4. The smallest absolute Gasteiger partial charge is 0.156 e. The van der Waals surface area contributed by atoms with Gasteiger partial charge in [0.15, 0.2) is 9.84 Å². The standard InChI is InChI=1S/C14H29N3O2S2/c1-5-12(13(15)20)17-8-6-16(7-9-17)10-11-21(18,19)14(2,3)4/h12H,5-11H2,1-4H3,(H2,15,20). The zero-order valence-corrected chi connectivity index (χ0v) is 15.3. The molecule has 1 heterocycles. The van der Waals surface area contributed by atoms with Crippen LogP contribution in [0, 0.1) is 0 Å². The second kappa shape index (κ2) is 7.35. The summed E-state index contributed by atoms with van der Waals surface area (Å²) in [6, 6.07) is 0.167. The van der Waals surface area contributed by atoms with Gasteiger partial charge in [0.25, 0.3) is 0 Å². The van der Waals surface area contributed by atoms with E-state index in [1.165, 1.54) is 0 Å². The highest BCUT2D eigenvalue weighted by Crippen LogP contribution is 2.16. The molecule has 0 saturated carbocycles. The number of sulfone groups is 1. The van der Waals surface area contributed by atoms with E-state index >= 15 is 0 Å². The van der Waals surface area contributed by atoms with Crippen molar-refractivity contribution < 1.29 is 8.42 Å². The van der Waals surface area contributed by atoms with Gasteiger partial charge in [-0.05, 0) is 27.2 Å². The SMILES string of the molecule is CCC(C(N)=S)N1CCN(CCS(=O)(=O)C(C)(C)C)CC1. The first-order valence-electron chi connectivity index (χ1n) is 7.56. The molecule has 1 unspecified atom stereocenters. The van der Waals surface area contributed by atoms with Gasteiger partial charge in [-0.2, -0.15) is 0 Å². The Balaban J connectivity index is 2.46. The first kappa shape index (κ1) is 18.8. The summed E-state index contributed by atoms with van der Waals surface area (Å²) in [6.07, 6.45) is 0.924. The van der Waals surface area contributed by atoms with Crippen LogP contribution in [-0.2, 0) is 9.84 Å². The summed E-state index contributed by atoms with van der Waals surface area (Å²) in [7, 11) is -3.04. The van der Waals surface area contributed by atoms with Crippen LogP contribution < -0.4 is 5.73 Å². The van der Waals surface area contributed by atoms with Crippen LogP contribution in [0.25, 0.3) is 0 Å². The number of thiocarbonyl (C=S) groups is 1. The van der Waals surface area contributed by atoms with Crippen molar-refractivity contribution in [2.45, 2.75) is 44.9 Å². The molecular formula is C14H29N3O2S2. The molecule has 124 valence electrons. The van der Waals surface area contributed by atoms with Crippen molar-refractivity contribution in [3.63, 3.8) is 0 Å². The van der Waals surface area contributed by atoms with Gasteiger partial charge in [-0.25, -0.2) is 8.42 Å². The number of nitrogens with zero attached hydrogens (tertiary/aromatic N) is 2. The average Bonchev–Trinajstić information content (AvgIpc) is 2.37. The Morgan fingerprint density at radius 3 is 2.14 bits per heavy atom. The number of nitrogens with two attached hydrogens (primary N) is 1. The molecule has 0 aromatic carbocycles. The van der Waals surface area contributed by atoms with E-state index in [4.69, 9.17) is 18.0 Å². The Labute approximate surface area is 134 Å². The third-order valence-electron chi connectivity index (χ3n) is 4.17. The zero-order chi connectivity index (χ0) is 16.3. The highest BCUT2D eigenvalue weighted by molar-refractivity contribution is 7.92. The van der Waals surface area contributed by atoms with Crippen LogP contribution >= 0.6 is 12.2 Å². The summed E-state index contributed by atoms with van der Waals surface area (Å²) >= 11 is 5.11. The Morgan fingerprint density at radius 2 is 1.76 bits per heavy atom. The molecule has 0 aliphatic carbocycles. The Hall–Kier alpha value is -0.240. The molecule has 0 aromatic heterocycles. The molecular weight excluding hydrogens is 306 g/mol. The summed E-state index contributed by atoms with van der Waals surface area (Å²) in [6.45, 7) is 11.5. The molecule has 5 nitrogen and oxygen atoms in total. The van der Waals surface area contributed by atoms with Crippen LogP contribution in [0.2, 0.25) is 0 Å². The fraction of sp³-hybridized carbons (Fsp3) is 0.929. The monoisotopic (exact) mass is 335 g/mol. The second-order valence-electron chi connectivity index (χ2n) is 6.64. The van der Waals surface area contributed by atoms with E-state index in [2.05, 4.69) is 16.7 Å². The minimum atomic E-state index is -3.04. The van der Waals surface area contributed by atoms with Crippen molar-refractivity contribution in [1.29, 1.82) is 0 Å². The molecule has 1 saturated heterocycles. The Bertz CT molecular complexity index is 449. The van der Waals surface area contributed by atoms with Crippen molar-refractivity contribution in [1.82, 2.24) is 9.80 Å². The first-order valence-corrected chi connectivity index (χ1v) is 9.62. The molecule has 21 heavy (non-hydrogen) atoms. The quantitative estimate of drug-likeness (QED) is 0.727. The molecule has 1 rings (SSSR count). The molecule has 1 fully saturated rings. The van der Waals surface area contributed by atoms with E-state index in [1.54, 1.807) is 20.8 Å². The number of rotatable bonds is 6. The van der Waals surface area contributed by atoms with E-state index in [0.29, 0.717) is 11.5 Å². The Morgan fingerprint density at radius 1 is 1.24 bits per heavy atom. The molecule has 0 aromatic rings. The predicted octanol–water partition coefficient (Wildman–Crippen LogP) is 0.882. The third-order valence-corrected chi connectivity index (χ3v) is 7.03. The van der Waals surface area contributed by atoms with Crippen molar-refractivity contribution in [2.24, 2.45) is 5.73 Å². The molecule has 1 aliphatic rings. The second-order valence-corrected chi connectivity index (χ2v) is 9.97. The van der Waals surface area contributed by atoms with E-state index in [0.717, 1.165) is 32.6 Å². The summed E-state index contributed by atoms with van der Waals surface area (Å²) in [5.74, 6) is 0.225. The van der Waals surface area contributed by atoms with Gasteiger partial charge in [0.1, 0.15) is 0 Å². The fourth-order valence-corrected chi connectivity index (χ4v) is 3.92. The highest BCUT2D eigenvalue weighted by atomic mass is 32.2. The highest BCUT2D eigenvalue weighted by Gasteiger charge is 2.30. The minimum Gasteiger partial charge on any atom is -0.392 e. The molecule has 1 aliphatic heterocycles. The maximum absolute atomic E-state index is 12.1. The van der Waals surface area contributed by atoms with Crippen LogP contribution in [0.1, 0.15) is 34.1 Å². The third kappa shape index (κ3) is 5.16. The lowest BCUT2D eigenvalue weighted by molar-refractivity contribution is 0.121. The van der Waals surface area contributed by atoms with E-state index in [1.807, 2.05) is 0 Å². The van der Waals surface area contributed by atoms with Crippen molar-refractivity contribution in [3.8, 4) is 0 Å². The lowest BCUT2D eigenvalue weighted by atomic mass is 10.1. The van der Waals surface area contributed by atoms with Crippen LogP contribution in [0.4, 0.5) is 0 Å². The molecule has 7 heteroatoms. The molecule has 0 amide bonds. The fourth-order valence-electron chi connectivity index (χ4n) is 2.49. The summed E-state index contributed by atoms with van der Waals surface area (Å²) < 4.78 is 23.6. The first-order chi connectivity index (χ1) is 9.58. The van der Waals surface area contributed by atoms with Crippen LogP contribution in [-0.4, -0.2) is 72.5 Å². The molecule has 0 bridgehead atoms. The van der Waals surface area contributed by atoms with Gasteiger partial charge in [0.2, 0.25) is 0 Å². The lowest BCUT2D eigenvalue weighted by Gasteiger charge is -2.38. The van der Waals surface area contributed by atoms with Crippen LogP contribution in [0.15, 0.2) is 0 Å². The molecule has 0 spiro atoms. The topological polar surface area (TPSA) is 66.6 Å². The lowest BCUT2D eigenvalue weighted by Crippen LogP contribution is -2.54. The molecule has 1 atom stereocenters. The maximum Gasteiger partial charge on any atom is 0.156 e. The largest absolute Gasteiger partial charge is 0.392 e. The van der Waals surface area contributed by atoms with Crippen molar-refractivity contribution >= 4 is 27.0 Å². The van der Waals surface area contributed by atoms with Gasteiger partial charge in [-0.15, -0.1) is 0 Å². The summed E-state index contributed by atoms with van der Waals surface area (Å²) in [4.78, 5) is 5.07. The molecule has 2 N–H and O–H groups in total. The number of piperazine rings is 1. The van der Waals surface area contributed by atoms with Crippen molar-refractivity contribution in [2.75, 3.05) is 38.5 Å². The van der Waals surface area contributed by atoms with Crippen LogP contribution in [0.5, 0.6) is 0 Å². The number of hydrogen-bond donors (Lipinski definition) is 1. The van der Waals surface area contributed by atoms with Gasteiger partial charge in [0.05, 0.1) is 21.5 Å². The van der Waals surface area contributed by atoms with Gasteiger partial charge in [0, 0.05) is 32.7 Å². The predicted molar refractivity (Wildman–Crippen MR) is 92.4 cm³/mol.